The molecular weight excluding hydrogens is 532 g/mol. The van der Waals surface area contributed by atoms with Crippen LogP contribution in [0.4, 0.5) is 11.4 Å². The highest BCUT2D eigenvalue weighted by Crippen LogP contribution is 2.50. The maximum atomic E-state index is 2.53. The Morgan fingerprint density at radius 1 is 0.614 bits per heavy atom. The third kappa shape index (κ3) is 3.95. The number of nitrogens with zero attached hydrogens (tertiary/aromatic N) is 2. The number of allylic oxidation sites excluding steroid dienone is 3. The second kappa shape index (κ2) is 10.1. The molecule has 5 aromatic carbocycles. The molecule has 3 aliphatic rings. The fourth-order valence-electron chi connectivity index (χ4n) is 7.66. The van der Waals surface area contributed by atoms with Crippen molar-refractivity contribution < 1.29 is 0 Å². The molecule has 3 unspecified atom stereocenters. The second-order valence-electron chi connectivity index (χ2n) is 12.1. The lowest BCUT2D eigenvalue weighted by Gasteiger charge is -2.29. The Hall–Kier alpha value is -5.34. The maximum Gasteiger partial charge on any atom is 0.0630 e. The summed E-state index contributed by atoms with van der Waals surface area (Å²) in [5.74, 6) is 0.609. The number of benzene rings is 5. The van der Waals surface area contributed by atoms with Crippen LogP contribution in [0.15, 0.2) is 158 Å². The van der Waals surface area contributed by atoms with E-state index in [9.17, 15) is 0 Å². The summed E-state index contributed by atoms with van der Waals surface area (Å²) in [6, 6.07) is 48.8. The first-order valence-electron chi connectivity index (χ1n) is 15.6. The molecule has 9 rings (SSSR count). The molecule has 0 bridgehead atoms. The first-order valence-corrected chi connectivity index (χ1v) is 15.6. The molecule has 210 valence electrons. The molecule has 0 saturated heterocycles. The summed E-state index contributed by atoms with van der Waals surface area (Å²) in [6.45, 7) is 0. The molecule has 0 saturated carbocycles. The summed E-state index contributed by atoms with van der Waals surface area (Å²) < 4.78 is 2.42. The predicted molar refractivity (Wildman–Crippen MR) is 184 cm³/mol. The van der Waals surface area contributed by atoms with Gasteiger partial charge in [0.15, 0.2) is 0 Å². The van der Waals surface area contributed by atoms with Crippen LogP contribution < -0.4 is 4.90 Å². The van der Waals surface area contributed by atoms with Crippen LogP contribution in [0.2, 0.25) is 0 Å². The summed E-state index contributed by atoms with van der Waals surface area (Å²) in [7, 11) is 0. The molecular formula is C42H32N2. The van der Waals surface area contributed by atoms with Crippen LogP contribution >= 0.6 is 0 Å². The summed E-state index contributed by atoms with van der Waals surface area (Å²) >= 11 is 0. The van der Waals surface area contributed by atoms with Gasteiger partial charge in [-0.25, -0.2) is 0 Å². The van der Waals surface area contributed by atoms with Crippen molar-refractivity contribution >= 4 is 33.9 Å². The largest absolute Gasteiger partial charge is 0.333 e. The fraction of sp³-hybridized carbons (Fsp3) is 0.0952. The van der Waals surface area contributed by atoms with Gasteiger partial charge in [0.2, 0.25) is 0 Å². The van der Waals surface area contributed by atoms with Gasteiger partial charge in [0.05, 0.1) is 11.6 Å². The van der Waals surface area contributed by atoms with Crippen LogP contribution in [-0.4, -0.2) is 10.6 Å². The van der Waals surface area contributed by atoms with E-state index in [1.165, 1.54) is 61.5 Å². The Kier molecular flexibility index (Phi) is 5.80. The number of anilines is 2. The number of hydrogen-bond donors (Lipinski definition) is 0. The molecule has 0 amide bonds. The molecule has 0 N–H and O–H groups in total. The first-order chi connectivity index (χ1) is 21.8. The minimum atomic E-state index is 0.257. The van der Waals surface area contributed by atoms with Crippen molar-refractivity contribution in [1.29, 1.82) is 0 Å². The van der Waals surface area contributed by atoms with Crippen molar-refractivity contribution in [3.8, 4) is 5.69 Å². The molecule has 2 nitrogen and oxygen atoms in total. The van der Waals surface area contributed by atoms with Gasteiger partial charge in [-0.05, 0) is 76.7 Å². The number of fused-ring (bicyclic) bond motifs is 6. The molecule has 0 spiro atoms. The average Bonchev–Trinajstić information content (AvgIpc) is 3.61. The van der Waals surface area contributed by atoms with Crippen LogP contribution in [0.1, 0.15) is 39.8 Å². The van der Waals surface area contributed by atoms with E-state index >= 15 is 0 Å². The highest BCUT2D eigenvalue weighted by molar-refractivity contribution is 5.91. The monoisotopic (exact) mass is 564 g/mol. The number of rotatable bonds is 4. The van der Waals surface area contributed by atoms with E-state index < -0.39 is 0 Å². The zero-order valence-corrected chi connectivity index (χ0v) is 24.4. The normalized spacial score (nSPS) is 19.9. The van der Waals surface area contributed by atoms with Crippen LogP contribution in [0.3, 0.4) is 0 Å². The quantitative estimate of drug-likeness (QED) is 0.207. The number of hydrogen-bond acceptors (Lipinski definition) is 1. The molecule has 2 aliphatic carbocycles. The lowest BCUT2D eigenvalue weighted by atomic mass is 9.82. The molecule has 1 aromatic heterocycles. The molecule has 3 atom stereocenters. The zero-order valence-electron chi connectivity index (χ0n) is 24.4. The molecule has 44 heavy (non-hydrogen) atoms. The Balaban J connectivity index is 1.14. The summed E-state index contributed by atoms with van der Waals surface area (Å²) in [6.07, 6.45) is 13.0. The second-order valence-corrected chi connectivity index (χ2v) is 12.1. The van der Waals surface area contributed by atoms with E-state index in [1.807, 2.05) is 0 Å². The Labute approximate surface area is 258 Å². The number of para-hydroxylation sites is 3. The zero-order chi connectivity index (χ0) is 29.0. The minimum absolute atomic E-state index is 0.257. The molecule has 2 heteroatoms. The van der Waals surface area contributed by atoms with Gasteiger partial charge in [0.25, 0.3) is 0 Å². The van der Waals surface area contributed by atoms with Crippen molar-refractivity contribution in [2.45, 2.75) is 24.3 Å². The van der Waals surface area contributed by atoms with Crippen LogP contribution in [-0.2, 0) is 6.42 Å². The standard InChI is InChI=1S/C42H32N2/c1-4-12-29(13-5-1)30-20-23-41-37(26-30)38-28-32(22-25-42(38)44(41)34-16-8-3-9-17-34)31-21-24-40-36(27-31)35-18-10-11-19-39(35)43(40)33-14-6-2-7-15-33/h1-26,28,31,37,41H,27H2. The smallest absolute Gasteiger partial charge is 0.0630 e. The summed E-state index contributed by atoms with van der Waals surface area (Å²) in [4.78, 5) is 2.53. The van der Waals surface area contributed by atoms with Gasteiger partial charge in [-0.3, -0.25) is 0 Å². The van der Waals surface area contributed by atoms with Crippen molar-refractivity contribution in [2.24, 2.45) is 0 Å². The molecule has 2 heterocycles. The van der Waals surface area contributed by atoms with Crippen molar-refractivity contribution in [2.75, 3.05) is 4.90 Å². The lowest BCUT2D eigenvalue weighted by molar-refractivity contribution is 0.745. The van der Waals surface area contributed by atoms with Crippen molar-refractivity contribution in [1.82, 2.24) is 4.57 Å². The minimum Gasteiger partial charge on any atom is -0.333 e. The van der Waals surface area contributed by atoms with Gasteiger partial charge in [0, 0.05) is 40.0 Å². The highest BCUT2D eigenvalue weighted by atomic mass is 15.2. The summed E-state index contributed by atoms with van der Waals surface area (Å²) in [5, 5.41) is 1.35. The van der Waals surface area contributed by atoms with Crippen molar-refractivity contribution in [3.05, 3.63) is 186 Å². The van der Waals surface area contributed by atoms with Gasteiger partial charge in [0.1, 0.15) is 0 Å². The molecule has 1 aliphatic heterocycles. The van der Waals surface area contributed by atoms with E-state index in [1.54, 1.807) is 0 Å². The van der Waals surface area contributed by atoms with Crippen molar-refractivity contribution in [3.63, 3.8) is 0 Å². The van der Waals surface area contributed by atoms with E-state index in [4.69, 9.17) is 0 Å². The SMILES string of the molecule is C1=CC2C(C=C1c1ccccc1)c1cc(C3C=Cc4c(c5ccccc5n4-c4ccccc4)C3)ccc1N2c1ccccc1. The third-order valence-corrected chi connectivity index (χ3v) is 9.68. The Morgan fingerprint density at radius 3 is 2.11 bits per heavy atom. The fourth-order valence-corrected chi connectivity index (χ4v) is 7.66. The molecule has 0 fully saturated rings. The summed E-state index contributed by atoms with van der Waals surface area (Å²) in [5.41, 5.74) is 13.2. The van der Waals surface area contributed by atoms with Crippen LogP contribution in [0.5, 0.6) is 0 Å². The van der Waals surface area contributed by atoms with Crippen LogP contribution in [0, 0.1) is 0 Å². The Bertz CT molecular complexity index is 2100. The van der Waals surface area contributed by atoms with E-state index in [-0.39, 0.29) is 12.0 Å². The van der Waals surface area contributed by atoms with Gasteiger partial charge < -0.3 is 9.47 Å². The average molecular weight is 565 g/mol. The van der Waals surface area contributed by atoms with E-state index in [0.717, 1.165) is 6.42 Å². The Morgan fingerprint density at radius 2 is 1.32 bits per heavy atom. The van der Waals surface area contributed by atoms with E-state index in [2.05, 4.69) is 173 Å². The predicted octanol–water partition coefficient (Wildman–Crippen LogP) is 10.2. The highest BCUT2D eigenvalue weighted by Gasteiger charge is 2.39. The third-order valence-electron chi connectivity index (χ3n) is 9.68. The van der Waals surface area contributed by atoms with Gasteiger partial charge in [-0.1, -0.05) is 121 Å². The first kappa shape index (κ1) is 25.2. The lowest BCUT2D eigenvalue weighted by Crippen LogP contribution is -2.28. The van der Waals surface area contributed by atoms with Gasteiger partial charge >= 0.3 is 0 Å². The van der Waals surface area contributed by atoms with E-state index in [0.29, 0.717) is 5.92 Å². The maximum absolute atomic E-state index is 2.53. The number of aromatic nitrogens is 1. The van der Waals surface area contributed by atoms with Gasteiger partial charge in [-0.2, -0.15) is 0 Å². The van der Waals surface area contributed by atoms with Crippen LogP contribution in [0.25, 0.3) is 28.2 Å². The van der Waals surface area contributed by atoms with Gasteiger partial charge in [-0.15, -0.1) is 0 Å². The topological polar surface area (TPSA) is 8.17 Å². The molecule has 0 radical (unpaired) electrons. The molecule has 6 aromatic rings.